The Morgan fingerprint density at radius 2 is 1.67 bits per heavy atom. The van der Waals surface area contributed by atoms with E-state index >= 15 is 0 Å². The van der Waals surface area contributed by atoms with Gasteiger partial charge in [0.2, 0.25) is 0 Å². The Morgan fingerprint density at radius 3 is 2.44 bits per heavy atom. The highest BCUT2D eigenvalue weighted by molar-refractivity contribution is 7.25. The average molecular weight is 370 g/mol. The quantitative estimate of drug-likeness (QED) is 0.353. The molecule has 132 valence electrons. The molecule has 0 unspecified atom stereocenters. The number of nitrogens with one attached hydrogen (secondary N) is 1. The molecule has 0 aliphatic carbocycles. The fourth-order valence-corrected chi connectivity index (χ4v) is 5.14. The van der Waals surface area contributed by atoms with E-state index in [2.05, 4.69) is 85.6 Å². The van der Waals surface area contributed by atoms with Gasteiger partial charge in [0.1, 0.15) is 0 Å². The number of hydrogen-bond donors (Lipinski definition) is 1. The van der Waals surface area contributed by atoms with Crippen LogP contribution < -0.4 is 4.57 Å². The SMILES string of the molecule is C=Cc1cc2sc3cc(C)c(C)cc3c2cc1-c1[nH]c2ccccc2[n+]1C. The minimum atomic E-state index is 1.11. The first kappa shape index (κ1) is 16.3. The van der Waals surface area contributed by atoms with E-state index in [4.69, 9.17) is 0 Å². The molecular formula is C24H21N2S+. The number of fused-ring (bicyclic) bond motifs is 4. The lowest BCUT2D eigenvalue weighted by Crippen LogP contribution is -2.29. The normalized spacial score (nSPS) is 11.7. The minimum absolute atomic E-state index is 1.11. The van der Waals surface area contributed by atoms with Crippen LogP contribution in [-0.2, 0) is 7.05 Å². The van der Waals surface area contributed by atoms with Crippen molar-refractivity contribution < 1.29 is 4.57 Å². The second-order valence-electron chi connectivity index (χ2n) is 7.22. The van der Waals surface area contributed by atoms with Gasteiger partial charge in [-0.2, -0.15) is 0 Å². The molecule has 0 aliphatic heterocycles. The van der Waals surface area contributed by atoms with Gasteiger partial charge in [-0.15, -0.1) is 11.3 Å². The maximum absolute atomic E-state index is 4.07. The summed E-state index contributed by atoms with van der Waals surface area (Å²) in [5.74, 6) is 1.11. The predicted octanol–water partition coefficient (Wildman–Crippen LogP) is 6.29. The molecule has 3 aromatic carbocycles. The van der Waals surface area contributed by atoms with E-state index in [-0.39, 0.29) is 0 Å². The van der Waals surface area contributed by atoms with E-state index in [1.807, 2.05) is 17.4 Å². The highest BCUT2D eigenvalue weighted by Crippen LogP contribution is 2.39. The van der Waals surface area contributed by atoms with Crippen molar-refractivity contribution in [3.8, 4) is 11.4 Å². The van der Waals surface area contributed by atoms with Gasteiger partial charge in [0.25, 0.3) is 5.82 Å². The second kappa shape index (κ2) is 5.80. The number of imidazole rings is 1. The summed E-state index contributed by atoms with van der Waals surface area (Å²) < 4.78 is 4.89. The van der Waals surface area contributed by atoms with E-state index in [1.165, 1.54) is 42.4 Å². The molecule has 5 rings (SSSR count). The smallest absolute Gasteiger partial charge is 0.236 e. The number of aromatic nitrogens is 2. The van der Waals surface area contributed by atoms with Crippen LogP contribution in [-0.4, -0.2) is 4.98 Å². The molecular weight excluding hydrogens is 348 g/mol. The molecule has 2 heterocycles. The van der Waals surface area contributed by atoms with E-state index in [9.17, 15) is 0 Å². The van der Waals surface area contributed by atoms with E-state index in [0.717, 1.165) is 16.9 Å². The first-order valence-electron chi connectivity index (χ1n) is 9.14. The molecule has 3 heteroatoms. The first-order valence-corrected chi connectivity index (χ1v) is 9.95. The molecule has 0 amide bonds. The van der Waals surface area contributed by atoms with Crippen LogP contribution in [0.3, 0.4) is 0 Å². The molecule has 2 aromatic heterocycles. The average Bonchev–Trinajstić information content (AvgIpc) is 3.18. The van der Waals surface area contributed by atoms with Crippen LogP contribution in [0, 0.1) is 13.8 Å². The third-order valence-corrected chi connectivity index (χ3v) is 6.70. The van der Waals surface area contributed by atoms with Gasteiger partial charge in [-0.05, 0) is 66.9 Å². The highest BCUT2D eigenvalue weighted by atomic mass is 32.1. The Hall–Kier alpha value is -2.91. The number of H-pyrrole nitrogens is 1. The minimum Gasteiger partial charge on any atom is -0.236 e. The second-order valence-corrected chi connectivity index (χ2v) is 8.31. The van der Waals surface area contributed by atoms with Gasteiger partial charge in [-0.1, -0.05) is 24.8 Å². The lowest BCUT2D eigenvalue weighted by Gasteiger charge is -2.04. The summed E-state index contributed by atoms with van der Waals surface area (Å²) in [6, 6.07) is 17.7. The summed E-state index contributed by atoms with van der Waals surface area (Å²) in [7, 11) is 2.12. The summed E-state index contributed by atoms with van der Waals surface area (Å²) >= 11 is 1.86. The lowest BCUT2D eigenvalue weighted by atomic mass is 10.0. The number of hydrogen-bond acceptors (Lipinski definition) is 1. The third-order valence-electron chi connectivity index (χ3n) is 5.59. The highest BCUT2D eigenvalue weighted by Gasteiger charge is 2.21. The van der Waals surface area contributed by atoms with Crippen LogP contribution in [0.2, 0.25) is 0 Å². The number of rotatable bonds is 2. The molecule has 0 radical (unpaired) electrons. The van der Waals surface area contributed by atoms with Crippen LogP contribution in [0.4, 0.5) is 0 Å². The van der Waals surface area contributed by atoms with Crippen molar-refractivity contribution in [3.63, 3.8) is 0 Å². The van der Waals surface area contributed by atoms with Gasteiger partial charge >= 0.3 is 0 Å². The van der Waals surface area contributed by atoms with E-state index in [1.54, 1.807) is 0 Å². The fraction of sp³-hybridized carbons (Fsp3) is 0.125. The van der Waals surface area contributed by atoms with E-state index in [0.29, 0.717) is 0 Å². The lowest BCUT2D eigenvalue weighted by molar-refractivity contribution is -0.633. The zero-order valence-corrected chi connectivity index (χ0v) is 16.6. The Labute approximate surface area is 162 Å². The van der Waals surface area contributed by atoms with Crippen molar-refractivity contribution in [1.82, 2.24) is 4.98 Å². The molecule has 0 saturated heterocycles. The summed E-state index contributed by atoms with van der Waals surface area (Å²) in [6.07, 6.45) is 1.96. The Morgan fingerprint density at radius 1 is 0.963 bits per heavy atom. The van der Waals surface area contributed by atoms with Crippen LogP contribution in [0.25, 0.3) is 48.7 Å². The van der Waals surface area contributed by atoms with Crippen LogP contribution in [0.15, 0.2) is 55.1 Å². The van der Waals surface area contributed by atoms with Crippen LogP contribution in [0.1, 0.15) is 16.7 Å². The van der Waals surface area contributed by atoms with Gasteiger partial charge in [-0.3, -0.25) is 0 Å². The number of para-hydroxylation sites is 2. The number of aryl methyl sites for hydroxylation is 3. The van der Waals surface area contributed by atoms with Gasteiger partial charge in [0.15, 0.2) is 11.0 Å². The summed E-state index contributed by atoms with van der Waals surface area (Å²) in [4.78, 5) is 3.60. The molecule has 0 bridgehead atoms. The molecule has 0 fully saturated rings. The Bertz CT molecular complexity index is 1370. The van der Waals surface area contributed by atoms with Crippen LogP contribution >= 0.6 is 11.3 Å². The standard InChI is InChI=1S/C24H20N2S/c1-5-16-12-23-19(18-10-14(2)15(3)11-22(18)27-23)13-17(16)24-25-20-8-6-7-9-21(20)26(24)4/h5-13H,1H2,2-4H3/p+1. The number of benzene rings is 3. The maximum Gasteiger partial charge on any atom is 0.288 e. The Balaban J connectivity index is 1.87. The molecule has 1 N–H and O–H groups in total. The molecule has 0 aliphatic rings. The van der Waals surface area contributed by atoms with Gasteiger partial charge in [0.05, 0.1) is 12.6 Å². The maximum atomic E-state index is 4.07. The number of thiophene rings is 1. The number of aromatic amines is 1. The summed E-state index contributed by atoms with van der Waals surface area (Å²) in [5, 5.41) is 2.66. The Kier molecular flexibility index (Phi) is 3.49. The van der Waals surface area contributed by atoms with Crippen molar-refractivity contribution in [3.05, 3.63) is 71.8 Å². The van der Waals surface area contributed by atoms with Crippen molar-refractivity contribution in [2.24, 2.45) is 7.05 Å². The molecule has 0 atom stereocenters. The van der Waals surface area contributed by atoms with Crippen LogP contribution in [0.5, 0.6) is 0 Å². The van der Waals surface area contributed by atoms with Crippen molar-refractivity contribution in [2.75, 3.05) is 0 Å². The van der Waals surface area contributed by atoms with Crippen molar-refractivity contribution >= 4 is 48.6 Å². The van der Waals surface area contributed by atoms with Gasteiger partial charge in [-0.25, -0.2) is 9.55 Å². The first-order chi connectivity index (χ1) is 13.1. The monoisotopic (exact) mass is 369 g/mol. The van der Waals surface area contributed by atoms with Crippen molar-refractivity contribution in [1.29, 1.82) is 0 Å². The van der Waals surface area contributed by atoms with Gasteiger partial charge < -0.3 is 0 Å². The zero-order chi connectivity index (χ0) is 18.7. The molecule has 5 aromatic rings. The summed E-state index contributed by atoms with van der Waals surface area (Å²) in [5.41, 5.74) is 7.38. The third kappa shape index (κ3) is 2.35. The molecule has 2 nitrogen and oxygen atoms in total. The largest absolute Gasteiger partial charge is 0.288 e. The molecule has 27 heavy (non-hydrogen) atoms. The van der Waals surface area contributed by atoms with Gasteiger partial charge in [0, 0.05) is 20.2 Å². The zero-order valence-electron chi connectivity index (χ0n) is 15.8. The van der Waals surface area contributed by atoms with E-state index < -0.39 is 0 Å². The predicted molar refractivity (Wildman–Crippen MR) is 117 cm³/mol. The summed E-state index contributed by atoms with van der Waals surface area (Å²) in [6.45, 7) is 8.45. The topological polar surface area (TPSA) is 19.7 Å². The fourth-order valence-electron chi connectivity index (χ4n) is 3.92. The molecule has 0 spiro atoms. The molecule has 0 saturated carbocycles. The van der Waals surface area contributed by atoms with Crippen molar-refractivity contribution in [2.45, 2.75) is 13.8 Å². The number of nitrogens with zero attached hydrogens (tertiary/aromatic N) is 1.